The lowest BCUT2D eigenvalue weighted by Crippen LogP contribution is -2.24. The van der Waals surface area contributed by atoms with Crippen molar-refractivity contribution >= 4 is 11.8 Å². The molecular formula is C9H15NO2. The third-order valence-corrected chi connectivity index (χ3v) is 2.44. The van der Waals surface area contributed by atoms with Crippen molar-refractivity contribution in [3.05, 3.63) is 0 Å². The molecule has 12 heavy (non-hydrogen) atoms. The minimum Gasteiger partial charge on any atom is -0.296 e. The number of amides is 2. The van der Waals surface area contributed by atoms with Crippen LogP contribution in [0.5, 0.6) is 0 Å². The van der Waals surface area contributed by atoms with Crippen molar-refractivity contribution in [2.24, 2.45) is 11.8 Å². The summed E-state index contributed by atoms with van der Waals surface area (Å²) in [4.78, 5) is 22.0. The molecule has 0 spiro atoms. The molecule has 1 heterocycles. The molecule has 3 heteroatoms. The molecule has 2 unspecified atom stereocenters. The Balaban J connectivity index is 2.51. The molecule has 1 saturated heterocycles. The van der Waals surface area contributed by atoms with Gasteiger partial charge in [0.25, 0.3) is 0 Å². The highest BCUT2D eigenvalue weighted by atomic mass is 16.2. The maximum absolute atomic E-state index is 11.2. The SMILES string of the molecule is CCCC(C)C1CC(=O)NC1=O. The summed E-state index contributed by atoms with van der Waals surface area (Å²) in [6.45, 7) is 4.12. The highest BCUT2D eigenvalue weighted by Crippen LogP contribution is 2.24. The summed E-state index contributed by atoms with van der Waals surface area (Å²) in [5.74, 6) is 0.0628. The first-order valence-electron chi connectivity index (χ1n) is 4.48. The van der Waals surface area contributed by atoms with Crippen LogP contribution in [0, 0.1) is 11.8 Å². The third-order valence-electron chi connectivity index (χ3n) is 2.44. The van der Waals surface area contributed by atoms with E-state index in [0.29, 0.717) is 12.3 Å². The quantitative estimate of drug-likeness (QED) is 0.643. The van der Waals surface area contributed by atoms with Gasteiger partial charge in [-0.05, 0) is 5.92 Å². The van der Waals surface area contributed by atoms with E-state index >= 15 is 0 Å². The van der Waals surface area contributed by atoms with Crippen molar-refractivity contribution in [3.8, 4) is 0 Å². The van der Waals surface area contributed by atoms with Crippen molar-refractivity contribution in [2.45, 2.75) is 33.1 Å². The smallest absolute Gasteiger partial charge is 0.230 e. The van der Waals surface area contributed by atoms with E-state index in [9.17, 15) is 9.59 Å². The average molecular weight is 169 g/mol. The van der Waals surface area contributed by atoms with Gasteiger partial charge in [0.15, 0.2) is 0 Å². The summed E-state index contributed by atoms with van der Waals surface area (Å²) in [6, 6.07) is 0. The molecule has 0 bridgehead atoms. The largest absolute Gasteiger partial charge is 0.296 e. The minimum absolute atomic E-state index is 0.0718. The van der Waals surface area contributed by atoms with Crippen LogP contribution in [0.2, 0.25) is 0 Å². The van der Waals surface area contributed by atoms with Gasteiger partial charge in [-0.2, -0.15) is 0 Å². The fraction of sp³-hybridized carbons (Fsp3) is 0.778. The molecule has 0 aromatic rings. The van der Waals surface area contributed by atoms with E-state index in [2.05, 4.69) is 12.2 Å². The van der Waals surface area contributed by atoms with E-state index in [1.807, 2.05) is 6.92 Å². The Labute approximate surface area is 72.5 Å². The Morgan fingerprint density at radius 3 is 2.67 bits per heavy atom. The molecule has 2 amide bonds. The topological polar surface area (TPSA) is 46.2 Å². The molecule has 0 aliphatic carbocycles. The van der Waals surface area contributed by atoms with Crippen LogP contribution in [0.1, 0.15) is 33.1 Å². The third kappa shape index (κ3) is 1.84. The van der Waals surface area contributed by atoms with Crippen molar-refractivity contribution in [1.29, 1.82) is 0 Å². The zero-order chi connectivity index (χ0) is 9.14. The zero-order valence-corrected chi connectivity index (χ0v) is 7.59. The van der Waals surface area contributed by atoms with Gasteiger partial charge in [-0.15, -0.1) is 0 Å². The Morgan fingerprint density at radius 1 is 1.58 bits per heavy atom. The second kappa shape index (κ2) is 3.70. The molecule has 1 fully saturated rings. The van der Waals surface area contributed by atoms with Crippen LogP contribution in [0.3, 0.4) is 0 Å². The zero-order valence-electron chi connectivity index (χ0n) is 7.59. The van der Waals surface area contributed by atoms with Crippen LogP contribution in [0.25, 0.3) is 0 Å². The van der Waals surface area contributed by atoms with Crippen LogP contribution in [-0.4, -0.2) is 11.8 Å². The molecule has 68 valence electrons. The first-order valence-corrected chi connectivity index (χ1v) is 4.48. The Bertz CT molecular complexity index is 201. The number of nitrogens with one attached hydrogen (secondary N) is 1. The Hall–Kier alpha value is -0.860. The van der Waals surface area contributed by atoms with Gasteiger partial charge in [0, 0.05) is 12.3 Å². The molecule has 1 aliphatic heterocycles. The van der Waals surface area contributed by atoms with Gasteiger partial charge in [0.05, 0.1) is 0 Å². The average Bonchev–Trinajstić information content (AvgIpc) is 2.30. The molecule has 1 N–H and O–H groups in total. The van der Waals surface area contributed by atoms with Gasteiger partial charge in [-0.25, -0.2) is 0 Å². The van der Waals surface area contributed by atoms with Gasteiger partial charge in [-0.3, -0.25) is 14.9 Å². The van der Waals surface area contributed by atoms with E-state index in [1.54, 1.807) is 0 Å². The standard InChI is InChI=1S/C9H15NO2/c1-3-4-6(2)7-5-8(11)10-9(7)12/h6-7H,3-5H2,1-2H3,(H,10,11,12). The lowest BCUT2D eigenvalue weighted by Gasteiger charge is -2.13. The summed E-state index contributed by atoms with van der Waals surface area (Å²) < 4.78 is 0. The molecule has 0 aromatic carbocycles. The second-order valence-electron chi connectivity index (χ2n) is 3.49. The fourth-order valence-corrected chi connectivity index (χ4v) is 1.69. The van der Waals surface area contributed by atoms with Gasteiger partial charge in [0.2, 0.25) is 11.8 Å². The number of imide groups is 1. The maximum atomic E-state index is 11.2. The van der Waals surface area contributed by atoms with Crippen molar-refractivity contribution in [3.63, 3.8) is 0 Å². The molecule has 1 rings (SSSR count). The molecule has 3 nitrogen and oxygen atoms in total. The summed E-state index contributed by atoms with van der Waals surface area (Å²) in [5.41, 5.74) is 0. The number of carbonyl (C=O) groups is 2. The Morgan fingerprint density at radius 2 is 2.25 bits per heavy atom. The number of hydrogen-bond donors (Lipinski definition) is 1. The predicted molar refractivity (Wildman–Crippen MR) is 45.3 cm³/mol. The molecular weight excluding hydrogens is 154 g/mol. The normalized spacial score (nSPS) is 25.7. The molecule has 0 aromatic heterocycles. The number of carbonyl (C=O) groups excluding carboxylic acids is 2. The summed E-state index contributed by atoms with van der Waals surface area (Å²) in [6.07, 6.45) is 2.48. The van der Waals surface area contributed by atoms with Gasteiger partial charge >= 0.3 is 0 Å². The van der Waals surface area contributed by atoms with Crippen LogP contribution in [0.15, 0.2) is 0 Å². The highest BCUT2D eigenvalue weighted by Gasteiger charge is 2.33. The maximum Gasteiger partial charge on any atom is 0.230 e. The monoisotopic (exact) mass is 169 g/mol. The first-order chi connectivity index (χ1) is 5.65. The van der Waals surface area contributed by atoms with Crippen molar-refractivity contribution in [1.82, 2.24) is 5.32 Å². The van der Waals surface area contributed by atoms with Crippen LogP contribution < -0.4 is 5.32 Å². The van der Waals surface area contributed by atoms with Crippen LogP contribution >= 0.6 is 0 Å². The second-order valence-corrected chi connectivity index (χ2v) is 3.49. The van der Waals surface area contributed by atoms with Crippen LogP contribution in [0.4, 0.5) is 0 Å². The van der Waals surface area contributed by atoms with E-state index in [1.165, 1.54) is 0 Å². The van der Waals surface area contributed by atoms with Gasteiger partial charge in [0.1, 0.15) is 0 Å². The first kappa shape index (κ1) is 9.23. The number of rotatable bonds is 3. The van der Waals surface area contributed by atoms with E-state index in [0.717, 1.165) is 12.8 Å². The van der Waals surface area contributed by atoms with E-state index < -0.39 is 0 Å². The summed E-state index contributed by atoms with van der Waals surface area (Å²) in [5, 5.41) is 2.33. The van der Waals surface area contributed by atoms with Crippen LogP contribution in [-0.2, 0) is 9.59 Å². The summed E-state index contributed by atoms with van der Waals surface area (Å²) >= 11 is 0. The van der Waals surface area contributed by atoms with Crippen molar-refractivity contribution in [2.75, 3.05) is 0 Å². The molecule has 1 aliphatic rings. The minimum atomic E-state index is -0.118. The lowest BCUT2D eigenvalue weighted by atomic mass is 9.89. The van der Waals surface area contributed by atoms with Crippen molar-refractivity contribution < 1.29 is 9.59 Å². The molecule has 2 atom stereocenters. The van der Waals surface area contributed by atoms with Gasteiger partial charge < -0.3 is 0 Å². The highest BCUT2D eigenvalue weighted by molar-refractivity contribution is 6.03. The summed E-state index contributed by atoms with van der Waals surface area (Å²) in [7, 11) is 0. The Kier molecular flexibility index (Phi) is 2.84. The molecule has 0 saturated carbocycles. The van der Waals surface area contributed by atoms with Gasteiger partial charge in [-0.1, -0.05) is 26.7 Å². The van der Waals surface area contributed by atoms with E-state index in [4.69, 9.17) is 0 Å². The molecule has 0 radical (unpaired) electrons. The predicted octanol–water partition coefficient (Wildman–Crippen LogP) is 1.09. The lowest BCUT2D eigenvalue weighted by molar-refractivity contribution is -0.126. The number of hydrogen-bond acceptors (Lipinski definition) is 2. The van der Waals surface area contributed by atoms with E-state index in [-0.39, 0.29) is 17.7 Å². The fourth-order valence-electron chi connectivity index (χ4n) is 1.69.